The van der Waals surface area contributed by atoms with Crippen LogP contribution in [-0.2, 0) is 11.2 Å². The van der Waals surface area contributed by atoms with Crippen molar-refractivity contribution in [3.63, 3.8) is 0 Å². The zero-order valence-corrected chi connectivity index (χ0v) is 13.5. The molecule has 0 aliphatic carbocycles. The standard InChI is InChI=1S/C16H19ClN4O2/c17-14-10-13(23-20-14)6-7-16(22)19-12-4-3-9-21(11-12)15-5-1-2-8-18-15/h1-2,5,8,10,12H,3-4,6-7,9,11H2,(H,19,22). The van der Waals surface area contributed by atoms with Crippen LogP contribution in [0.5, 0.6) is 0 Å². The first-order valence-corrected chi connectivity index (χ1v) is 8.15. The number of carbonyl (C=O) groups excluding carboxylic acids is 1. The van der Waals surface area contributed by atoms with E-state index in [-0.39, 0.29) is 11.9 Å². The van der Waals surface area contributed by atoms with Gasteiger partial charge >= 0.3 is 0 Å². The summed E-state index contributed by atoms with van der Waals surface area (Å²) in [6, 6.07) is 7.67. The van der Waals surface area contributed by atoms with Gasteiger partial charge in [-0.25, -0.2) is 4.98 Å². The van der Waals surface area contributed by atoms with Crippen LogP contribution in [0.15, 0.2) is 35.0 Å². The van der Waals surface area contributed by atoms with Crippen LogP contribution in [0, 0.1) is 0 Å². The summed E-state index contributed by atoms with van der Waals surface area (Å²) in [4.78, 5) is 18.7. The number of aromatic nitrogens is 2. The number of nitrogens with one attached hydrogen (secondary N) is 1. The third-order valence-corrected chi connectivity index (χ3v) is 4.07. The molecule has 3 heterocycles. The molecule has 0 radical (unpaired) electrons. The highest BCUT2D eigenvalue weighted by molar-refractivity contribution is 6.29. The van der Waals surface area contributed by atoms with Crippen LogP contribution in [0.3, 0.4) is 0 Å². The molecule has 1 saturated heterocycles. The van der Waals surface area contributed by atoms with E-state index < -0.39 is 0 Å². The Labute approximate surface area is 139 Å². The quantitative estimate of drug-likeness (QED) is 0.909. The number of halogens is 1. The van der Waals surface area contributed by atoms with Gasteiger partial charge in [0, 0.05) is 44.2 Å². The zero-order valence-electron chi connectivity index (χ0n) is 12.7. The number of hydrogen-bond acceptors (Lipinski definition) is 5. The molecule has 7 heteroatoms. The van der Waals surface area contributed by atoms with Crippen LogP contribution in [-0.4, -0.2) is 35.2 Å². The molecule has 1 aliphatic rings. The molecular weight excluding hydrogens is 316 g/mol. The van der Waals surface area contributed by atoms with E-state index in [9.17, 15) is 4.79 Å². The molecule has 1 aliphatic heterocycles. The number of pyridine rings is 1. The molecule has 2 aromatic rings. The van der Waals surface area contributed by atoms with Crippen molar-refractivity contribution in [3.8, 4) is 0 Å². The Hall–Kier alpha value is -2.08. The number of hydrogen-bond donors (Lipinski definition) is 1. The average molecular weight is 335 g/mol. The van der Waals surface area contributed by atoms with Gasteiger partial charge in [0.05, 0.1) is 0 Å². The van der Waals surface area contributed by atoms with Crippen molar-refractivity contribution in [1.82, 2.24) is 15.5 Å². The molecule has 1 amide bonds. The van der Waals surface area contributed by atoms with E-state index in [1.165, 1.54) is 0 Å². The first kappa shape index (κ1) is 15.8. The smallest absolute Gasteiger partial charge is 0.220 e. The van der Waals surface area contributed by atoms with Gasteiger partial charge in [0.25, 0.3) is 0 Å². The normalized spacial score (nSPS) is 18.0. The second-order valence-electron chi connectivity index (χ2n) is 5.66. The van der Waals surface area contributed by atoms with Crippen molar-refractivity contribution in [2.24, 2.45) is 0 Å². The van der Waals surface area contributed by atoms with E-state index in [2.05, 4.69) is 20.4 Å². The molecule has 2 aromatic heterocycles. The molecule has 0 spiro atoms. The van der Waals surface area contributed by atoms with E-state index >= 15 is 0 Å². The number of piperidine rings is 1. The van der Waals surface area contributed by atoms with Gasteiger partial charge in [0.2, 0.25) is 5.91 Å². The lowest BCUT2D eigenvalue weighted by Gasteiger charge is -2.34. The molecule has 1 unspecified atom stereocenters. The Morgan fingerprint density at radius 2 is 2.39 bits per heavy atom. The Balaban J connectivity index is 1.48. The van der Waals surface area contributed by atoms with Crippen LogP contribution in [0.1, 0.15) is 25.0 Å². The van der Waals surface area contributed by atoms with Gasteiger partial charge in [-0.3, -0.25) is 4.79 Å². The van der Waals surface area contributed by atoms with E-state index in [0.29, 0.717) is 23.8 Å². The van der Waals surface area contributed by atoms with E-state index in [1.54, 1.807) is 12.3 Å². The Bertz CT molecular complexity index is 647. The molecule has 1 N–H and O–H groups in total. The topological polar surface area (TPSA) is 71.3 Å². The highest BCUT2D eigenvalue weighted by Crippen LogP contribution is 2.17. The molecule has 0 bridgehead atoms. The maximum absolute atomic E-state index is 12.1. The van der Waals surface area contributed by atoms with Crippen LogP contribution < -0.4 is 10.2 Å². The molecule has 6 nitrogen and oxygen atoms in total. The predicted octanol–water partition coefficient (Wildman–Crippen LogP) is 2.44. The third-order valence-electron chi connectivity index (χ3n) is 3.89. The summed E-state index contributed by atoms with van der Waals surface area (Å²) in [7, 11) is 0. The van der Waals surface area contributed by atoms with Crippen LogP contribution in [0.2, 0.25) is 5.15 Å². The van der Waals surface area contributed by atoms with Gasteiger partial charge in [-0.05, 0) is 25.0 Å². The number of rotatable bonds is 5. The van der Waals surface area contributed by atoms with E-state index in [4.69, 9.17) is 16.1 Å². The maximum atomic E-state index is 12.1. The molecule has 1 fully saturated rings. The summed E-state index contributed by atoms with van der Waals surface area (Å²) < 4.78 is 5.00. The molecular formula is C16H19ClN4O2. The number of carbonyl (C=O) groups is 1. The van der Waals surface area contributed by atoms with Crippen molar-refractivity contribution in [1.29, 1.82) is 0 Å². The number of anilines is 1. The summed E-state index contributed by atoms with van der Waals surface area (Å²) in [6.07, 6.45) is 4.69. The third kappa shape index (κ3) is 4.45. The largest absolute Gasteiger partial charge is 0.360 e. The summed E-state index contributed by atoms with van der Waals surface area (Å²) in [6.45, 7) is 1.76. The Morgan fingerprint density at radius 1 is 1.48 bits per heavy atom. The summed E-state index contributed by atoms with van der Waals surface area (Å²) >= 11 is 5.69. The minimum atomic E-state index is 0.0189. The summed E-state index contributed by atoms with van der Waals surface area (Å²) in [5.74, 6) is 1.61. The van der Waals surface area contributed by atoms with Crippen molar-refractivity contribution in [2.45, 2.75) is 31.7 Å². The lowest BCUT2D eigenvalue weighted by Crippen LogP contribution is -2.48. The van der Waals surface area contributed by atoms with Crippen molar-refractivity contribution >= 4 is 23.3 Å². The fourth-order valence-corrected chi connectivity index (χ4v) is 2.94. The fourth-order valence-electron chi connectivity index (χ4n) is 2.79. The average Bonchev–Trinajstić information content (AvgIpc) is 3.00. The minimum absolute atomic E-state index is 0.0189. The zero-order chi connectivity index (χ0) is 16.1. The highest BCUT2D eigenvalue weighted by atomic mass is 35.5. The van der Waals surface area contributed by atoms with Crippen molar-refractivity contribution in [2.75, 3.05) is 18.0 Å². The van der Waals surface area contributed by atoms with Gasteiger partial charge in [-0.15, -0.1) is 0 Å². The van der Waals surface area contributed by atoms with Crippen molar-refractivity contribution < 1.29 is 9.32 Å². The molecule has 1 atom stereocenters. The van der Waals surface area contributed by atoms with Crippen LogP contribution in [0.4, 0.5) is 5.82 Å². The second-order valence-corrected chi connectivity index (χ2v) is 6.04. The van der Waals surface area contributed by atoms with Crippen molar-refractivity contribution in [3.05, 3.63) is 41.4 Å². The van der Waals surface area contributed by atoms with Gasteiger partial charge in [0.15, 0.2) is 5.15 Å². The van der Waals surface area contributed by atoms with E-state index in [1.807, 2.05) is 18.2 Å². The van der Waals surface area contributed by atoms with Gasteiger partial charge in [-0.2, -0.15) is 0 Å². The Morgan fingerprint density at radius 3 is 3.13 bits per heavy atom. The van der Waals surface area contributed by atoms with E-state index in [0.717, 1.165) is 31.7 Å². The van der Waals surface area contributed by atoms with Gasteiger partial charge < -0.3 is 14.7 Å². The molecule has 0 saturated carbocycles. The maximum Gasteiger partial charge on any atom is 0.220 e. The fraction of sp³-hybridized carbons (Fsp3) is 0.438. The van der Waals surface area contributed by atoms with Gasteiger partial charge in [0.1, 0.15) is 11.6 Å². The lowest BCUT2D eigenvalue weighted by molar-refractivity contribution is -0.121. The summed E-state index contributed by atoms with van der Waals surface area (Å²) in [5.41, 5.74) is 0. The predicted molar refractivity (Wildman–Crippen MR) is 87.4 cm³/mol. The number of aryl methyl sites for hydroxylation is 1. The van der Waals surface area contributed by atoms with Gasteiger partial charge in [-0.1, -0.05) is 22.8 Å². The monoisotopic (exact) mass is 334 g/mol. The SMILES string of the molecule is O=C(CCc1cc(Cl)no1)NC1CCCN(c2ccccn2)C1. The number of nitrogens with zero attached hydrogens (tertiary/aromatic N) is 3. The van der Waals surface area contributed by atoms with Crippen LogP contribution in [0.25, 0.3) is 0 Å². The molecule has 122 valence electrons. The molecule has 3 rings (SSSR count). The number of amides is 1. The second kappa shape index (κ2) is 7.46. The Kier molecular flexibility index (Phi) is 5.12. The molecule has 0 aromatic carbocycles. The first-order chi connectivity index (χ1) is 11.2. The first-order valence-electron chi connectivity index (χ1n) is 7.77. The molecule has 23 heavy (non-hydrogen) atoms. The minimum Gasteiger partial charge on any atom is -0.360 e. The lowest BCUT2D eigenvalue weighted by atomic mass is 10.1. The van der Waals surface area contributed by atoms with Crippen LogP contribution >= 0.6 is 11.6 Å². The highest BCUT2D eigenvalue weighted by Gasteiger charge is 2.22. The summed E-state index contributed by atoms with van der Waals surface area (Å²) in [5, 5.41) is 7.01.